The summed E-state index contributed by atoms with van der Waals surface area (Å²) >= 11 is 1.45. The highest BCUT2D eigenvalue weighted by Gasteiger charge is 2.20. The number of hydrogen-bond acceptors (Lipinski definition) is 4. The first-order valence-electron chi connectivity index (χ1n) is 4.34. The summed E-state index contributed by atoms with van der Waals surface area (Å²) in [6, 6.07) is 1.31. The van der Waals surface area contributed by atoms with E-state index in [1.807, 2.05) is 5.38 Å². The number of likely N-dealkylation sites (N-methyl/N-ethyl adjacent to an activating group) is 1. The van der Waals surface area contributed by atoms with E-state index in [-0.39, 0.29) is 11.7 Å². The molecule has 0 aromatic carbocycles. The van der Waals surface area contributed by atoms with Gasteiger partial charge in [0.25, 0.3) is 5.91 Å². The SMILES string of the molecule is CC(C(N)=NO)N(C)C(=O)c1ccsc1. The molecule has 0 saturated carbocycles. The maximum absolute atomic E-state index is 11.8. The van der Waals surface area contributed by atoms with Crippen LogP contribution in [0.2, 0.25) is 0 Å². The van der Waals surface area contributed by atoms with Crippen LogP contribution in [0.25, 0.3) is 0 Å². The molecule has 6 heteroatoms. The number of amidine groups is 1. The molecule has 0 aliphatic heterocycles. The smallest absolute Gasteiger partial charge is 0.255 e. The van der Waals surface area contributed by atoms with Gasteiger partial charge in [-0.05, 0) is 18.4 Å². The molecule has 0 fully saturated rings. The number of hydrogen-bond donors (Lipinski definition) is 2. The first-order valence-corrected chi connectivity index (χ1v) is 5.29. The maximum atomic E-state index is 11.8. The fourth-order valence-electron chi connectivity index (χ4n) is 1.05. The first kappa shape index (κ1) is 11.5. The van der Waals surface area contributed by atoms with E-state index in [0.29, 0.717) is 5.56 Å². The van der Waals surface area contributed by atoms with Gasteiger partial charge in [0.1, 0.15) is 0 Å². The van der Waals surface area contributed by atoms with Crippen molar-refractivity contribution in [1.82, 2.24) is 4.90 Å². The van der Waals surface area contributed by atoms with Gasteiger partial charge in [-0.25, -0.2) is 0 Å². The zero-order valence-electron chi connectivity index (χ0n) is 8.54. The van der Waals surface area contributed by atoms with E-state index in [2.05, 4.69) is 5.16 Å². The molecule has 0 spiro atoms. The summed E-state index contributed by atoms with van der Waals surface area (Å²) in [6.07, 6.45) is 0. The molecule has 1 aromatic rings. The second-order valence-corrected chi connectivity index (χ2v) is 3.91. The summed E-state index contributed by atoms with van der Waals surface area (Å²) in [7, 11) is 1.61. The second-order valence-electron chi connectivity index (χ2n) is 3.13. The van der Waals surface area contributed by atoms with Crippen molar-refractivity contribution in [3.8, 4) is 0 Å². The van der Waals surface area contributed by atoms with Gasteiger partial charge in [0.05, 0.1) is 11.6 Å². The van der Waals surface area contributed by atoms with Crippen molar-refractivity contribution >= 4 is 23.1 Å². The normalized spacial score (nSPS) is 13.6. The Labute approximate surface area is 91.8 Å². The molecule has 1 unspecified atom stereocenters. The predicted octanol–water partition coefficient (Wildman–Crippen LogP) is 0.955. The molecule has 0 radical (unpaired) electrons. The number of oxime groups is 1. The Morgan fingerprint density at radius 1 is 1.73 bits per heavy atom. The summed E-state index contributed by atoms with van der Waals surface area (Å²) in [5.74, 6) is -0.128. The third-order valence-electron chi connectivity index (χ3n) is 2.21. The van der Waals surface area contributed by atoms with Crippen LogP contribution < -0.4 is 5.73 Å². The fourth-order valence-corrected chi connectivity index (χ4v) is 1.68. The quantitative estimate of drug-likeness (QED) is 0.349. The van der Waals surface area contributed by atoms with Crippen molar-refractivity contribution in [3.05, 3.63) is 22.4 Å². The molecule has 1 heterocycles. The third-order valence-corrected chi connectivity index (χ3v) is 2.90. The van der Waals surface area contributed by atoms with Gasteiger partial charge >= 0.3 is 0 Å². The van der Waals surface area contributed by atoms with Gasteiger partial charge < -0.3 is 15.8 Å². The molecular weight excluding hydrogens is 214 g/mol. The number of carbonyl (C=O) groups is 1. The van der Waals surface area contributed by atoms with Crippen LogP contribution in [0.5, 0.6) is 0 Å². The largest absolute Gasteiger partial charge is 0.409 e. The molecule has 0 aliphatic rings. The average Bonchev–Trinajstić information content (AvgIpc) is 2.78. The number of nitrogens with zero attached hydrogens (tertiary/aromatic N) is 2. The summed E-state index contributed by atoms with van der Waals surface area (Å²) < 4.78 is 0. The average molecular weight is 227 g/mol. The summed E-state index contributed by atoms with van der Waals surface area (Å²) in [6.45, 7) is 1.69. The van der Waals surface area contributed by atoms with Crippen LogP contribution in [-0.2, 0) is 0 Å². The van der Waals surface area contributed by atoms with Crippen molar-refractivity contribution in [2.24, 2.45) is 10.9 Å². The van der Waals surface area contributed by atoms with E-state index in [9.17, 15) is 4.79 Å². The van der Waals surface area contributed by atoms with E-state index in [1.165, 1.54) is 16.2 Å². The number of rotatable bonds is 3. The van der Waals surface area contributed by atoms with E-state index < -0.39 is 6.04 Å². The highest BCUT2D eigenvalue weighted by atomic mass is 32.1. The lowest BCUT2D eigenvalue weighted by Crippen LogP contribution is -2.43. The zero-order valence-corrected chi connectivity index (χ0v) is 9.36. The van der Waals surface area contributed by atoms with Gasteiger partial charge in [-0.2, -0.15) is 11.3 Å². The van der Waals surface area contributed by atoms with Gasteiger partial charge in [-0.1, -0.05) is 5.16 Å². The molecule has 0 bridgehead atoms. The lowest BCUT2D eigenvalue weighted by Gasteiger charge is -2.23. The molecule has 82 valence electrons. The third kappa shape index (κ3) is 2.47. The number of nitrogens with two attached hydrogens (primary N) is 1. The van der Waals surface area contributed by atoms with E-state index in [0.717, 1.165) is 0 Å². The first-order chi connectivity index (χ1) is 7.07. The molecule has 1 aromatic heterocycles. The van der Waals surface area contributed by atoms with Gasteiger partial charge in [-0.3, -0.25) is 4.79 Å². The van der Waals surface area contributed by atoms with Crippen LogP contribution in [0.1, 0.15) is 17.3 Å². The van der Waals surface area contributed by atoms with Gasteiger partial charge in [-0.15, -0.1) is 0 Å². The highest BCUT2D eigenvalue weighted by Crippen LogP contribution is 2.10. The molecule has 3 N–H and O–H groups in total. The van der Waals surface area contributed by atoms with Crippen LogP contribution in [0.15, 0.2) is 22.0 Å². The van der Waals surface area contributed by atoms with E-state index in [4.69, 9.17) is 10.9 Å². The Morgan fingerprint density at radius 3 is 2.87 bits per heavy atom. The van der Waals surface area contributed by atoms with Crippen molar-refractivity contribution in [2.45, 2.75) is 13.0 Å². The standard InChI is InChI=1S/C9H13N3O2S/c1-6(8(10)11-14)12(2)9(13)7-3-4-15-5-7/h3-6,14H,1-2H3,(H2,10,11). The van der Waals surface area contributed by atoms with E-state index >= 15 is 0 Å². The van der Waals surface area contributed by atoms with Gasteiger partial charge in [0.2, 0.25) is 0 Å². The molecule has 1 atom stereocenters. The highest BCUT2D eigenvalue weighted by molar-refractivity contribution is 7.08. The Balaban J connectivity index is 2.77. The Hall–Kier alpha value is -1.56. The van der Waals surface area contributed by atoms with Crippen LogP contribution in [0.4, 0.5) is 0 Å². The molecular formula is C9H13N3O2S. The lowest BCUT2D eigenvalue weighted by atomic mass is 10.2. The van der Waals surface area contributed by atoms with Crippen LogP contribution >= 0.6 is 11.3 Å². The summed E-state index contributed by atoms with van der Waals surface area (Å²) in [5.41, 5.74) is 6.03. The van der Waals surface area contributed by atoms with Crippen molar-refractivity contribution in [1.29, 1.82) is 0 Å². The van der Waals surface area contributed by atoms with Crippen molar-refractivity contribution in [3.63, 3.8) is 0 Å². The Morgan fingerprint density at radius 2 is 2.40 bits per heavy atom. The molecule has 1 amide bonds. The van der Waals surface area contributed by atoms with Crippen LogP contribution in [0, 0.1) is 0 Å². The van der Waals surface area contributed by atoms with E-state index in [1.54, 1.807) is 25.4 Å². The second kappa shape index (κ2) is 4.79. The molecule has 15 heavy (non-hydrogen) atoms. The zero-order chi connectivity index (χ0) is 11.4. The fraction of sp³-hybridized carbons (Fsp3) is 0.333. The summed E-state index contributed by atoms with van der Waals surface area (Å²) in [5, 5.41) is 15.0. The minimum Gasteiger partial charge on any atom is -0.409 e. The maximum Gasteiger partial charge on any atom is 0.255 e. The molecule has 5 nitrogen and oxygen atoms in total. The van der Waals surface area contributed by atoms with Crippen molar-refractivity contribution in [2.75, 3.05) is 7.05 Å². The molecule has 0 saturated heterocycles. The Kier molecular flexibility index (Phi) is 3.68. The number of thiophene rings is 1. The van der Waals surface area contributed by atoms with Gasteiger partial charge in [0, 0.05) is 12.4 Å². The lowest BCUT2D eigenvalue weighted by molar-refractivity contribution is 0.0777. The topological polar surface area (TPSA) is 78.9 Å². The Bertz CT molecular complexity index is 361. The van der Waals surface area contributed by atoms with Gasteiger partial charge in [0.15, 0.2) is 5.84 Å². The molecule has 0 aliphatic carbocycles. The minimum atomic E-state index is -0.428. The monoisotopic (exact) mass is 227 g/mol. The molecule has 1 rings (SSSR count). The van der Waals surface area contributed by atoms with Crippen LogP contribution in [-0.4, -0.2) is 34.9 Å². The summed E-state index contributed by atoms with van der Waals surface area (Å²) in [4.78, 5) is 13.2. The number of amides is 1. The van der Waals surface area contributed by atoms with Crippen LogP contribution in [0.3, 0.4) is 0 Å². The predicted molar refractivity (Wildman–Crippen MR) is 59.3 cm³/mol. The van der Waals surface area contributed by atoms with Crippen molar-refractivity contribution < 1.29 is 10.0 Å². The minimum absolute atomic E-state index is 0.0149. The number of carbonyl (C=O) groups excluding carboxylic acids is 1.